The highest BCUT2D eigenvalue weighted by Crippen LogP contribution is 2.08. The summed E-state index contributed by atoms with van der Waals surface area (Å²) in [5.74, 6) is -0.833. The summed E-state index contributed by atoms with van der Waals surface area (Å²) >= 11 is 0. The summed E-state index contributed by atoms with van der Waals surface area (Å²) in [6, 6.07) is 8.02. The normalized spacial score (nSPS) is 8.93. The Labute approximate surface area is 81.2 Å². The first-order valence-electron chi connectivity index (χ1n) is 4.05. The summed E-state index contributed by atoms with van der Waals surface area (Å²) < 4.78 is 0. The molecule has 14 heavy (non-hydrogen) atoms. The first-order chi connectivity index (χ1) is 6.70. The molecule has 1 aromatic carbocycles. The van der Waals surface area contributed by atoms with Gasteiger partial charge in [0, 0.05) is 17.7 Å². The van der Waals surface area contributed by atoms with Crippen molar-refractivity contribution >= 4 is 16.7 Å². The van der Waals surface area contributed by atoms with Gasteiger partial charge in [0.2, 0.25) is 0 Å². The summed E-state index contributed by atoms with van der Waals surface area (Å²) in [7, 11) is 0. The predicted molar refractivity (Wildman–Crippen MR) is 52.8 cm³/mol. The lowest BCUT2D eigenvalue weighted by atomic mass is 10.2. The molecule has 0 saturated carbocycles. The minimum Gasteiger partial charge on any atom is -0.481 e. The highest BCUT2D eigenvalue weighted by molar-refractivity contribution is 5.80. The van der Waals surface area contributed by atoms with Gasteiger partial charge in [0.15, 0.2) is 0 Å². The van der Waals surface area contributed by atoms with E-state index in [9.17, 15) is 0 Å². The van der Waals surface area contributed by atoms with E-state index < -0.39 is 5.97 Å². The molecule has 0 aliphatic rings. The second kappa shape index (κ2) is 4.91. The fourth-order valence-electron chi connectivity index (χ4n) is 0.937. The molecule has 0 atom stereocenters. The van der Waals surface area contributed by atoms with Gasteiger partial charge in [-0.3, -0.25) is 4.79 Å². The topological polar surface area (TPSA) is 63.1 Å². The van der Waals surface area contributed by atoms with E-state index in [4.69, 9.17) is 9.90 Å². The molecule has 1 heterocycles. The Hall–Kier alpha value is -1.97. The molecule has 2 aromatic rings. The number of nitrogens with zero attached hydrogens (tertiary/aromatic N) is 2. The second-order valence-electron chi connectivity index (χ2n) is 2.64. The minimum absolute atomic E-state index is 0.833. The van der Waals surface area contributed by atoms with Gasteiger partial charge >= 0.3 is 0 Å². The summed E-state index contributed by atoms with van der Waals surface area (Å²) in [4.78, 5) is 9.00. The largest absolute Gasteiger partial charge is 0.481 e. The number of benzene rings is 1. The summed E-state index contributed by atoms with van der Waals surface area (Å²) in [6.07, 6.45) is 3.52. The zero-order chi connectivity index (χ0) is 10.4. The van der Waals surface area contributed by atoms with Gasteiger partial charge < -0.3 is 5.11 Å². The molecule has 0 aliphatic heterocycles. The number of rotatable bonds is 0. The van der Waals surface area contributed by atoms with E-state index in [2.05, 4.69) is 10.2 Å². The number of carbonyl (C=O) groups is 1. The van der Waals surface area contributed by atoms with E-state index in [1.165, 1.54) is 0 Å². The van der Waals surface area contributed by atoms with Crippen LogP contribution in [0, 0.1) is 0 Å². The van der Waals surface area contributed by atoms with Crippen molar-refractivity contribution < 1.29 is 9.90 Å². The van der Waals surface area contributed by atoms with Crippen molar-refractivity contribution in [1.29, 1.82) is 0 Å². The minimum atomic E-state index is -0.833. The number of aromatic nitrogens is 2. The van der Waals surface area contributed by atoms with Crippen molar-refractivity contribution in [3.8, 4) is 0 Å². The van der Waals surface area contributed by atoms with Crippen LogP contribution >= 0.6 is 0 Å². The second-order valence-corrected chi connectivity index (χ2v) is 2.64. The Morgan fingerprint density at radius 1 is 1.14 bits per heavy atom. The van der Waals surface area contributed by atoms with Gasteiger partial charge in [-0.2, -0.15) is 10.2 Å². The van der Waals surface area contributed by atoms with Crippen molar-refractivity contribution in [2.45, 2.75) is 6.92 Å². The third kappa shape index (κ3) is 3.18. The summed E-state index contributed by atoms with van der Waals surface area (Å²) in [6.45, 7) is 1.08. The highest BCUT2D eigenvalue weighted by atomic mass is 16.4. The standard InChI is InChI=1S/C8H6N2.C2H4O2/c1-2-4-8-6-10-9-5-7(8)3-1;1-2(3)4/h1-6H;1H3,(H,3,4). The molecular formula is C10H10N2O2. The molecule has 1 aromatic heterocycles. The van der Waals surface area contributed by atoms with Crippen LogP contribution in [0.15, 0.2) is 36.7 Å². The summed E-state index contributed by atoms with van der Waals surface area (Å²) in [5.41, 5.74) is 0. The van der Waals surface area contributed by atoms with E-state index >= 15 is 0 Å². The number of hydrogen-bond donors (Lipinski definition) is 1. The van der Waals surface area contributed by atoms with E-state index in [1.807, 2.05) is 24.3 Å². The van der Waals surface area contributed by atoms with Crippen LogP contribution in [0.25, 0.3) is 10.8 Å². The van der Waals surface area contributed by atoms with Gasteiger partial charge in [-0.1, -0.05) is 24.3 Å². The Balaban J connectivity index is 0.000000213. The first kappa shape index (κ1) is 10.1. The molecule has 0 aliphatic carbocycles. The highest BCUT2D eigenvalue weighted by Gasteiger charge is 1.87. The summed E-state index contributed by atoms with van der Waals surface area (Å²) in [5, 5.41) is 17.2. The van der Waals surface area contributed by atoms with E-state index in [0.717, 1.165) is 17.7 Å². The van der Waals surface area contributed by atoms with Crippen LogP contribution < -0.4 is 0 Å². The van der Waals surface area contributed by atoms with Crippen LogP contribution in [-0.4, -0.2) is 21.3 Å². The Morgan fingerprint density at radius 3 is 1.86 bits per heavy atom. The maximum atomic E-state index is 9.00. The fraction of sp³-hybridized carbons (Fsp3) is 0.100. The maximum absolute atomic E-state index is 9.00. The van der Waals surface area contributed by atoms with Crippen LogP contribution in [0.5, 0.6) is 0 Å². The first-order valence-corrected chi connectivity index (χ1v) is 4.05. The molecular weight excluding hydrogens is 180 g/mol. The molecule has 4 nitrogen and oxygen atoms in total. The number of fused-ring (bicyclic) bond motifs is 1. The van der Waals surface area contributed by atoms with Crippen LogP contribution in [0.2, 0.25) is 0 Å². The smallest absolute Gasteiger partial charge is 0.300 e. The number of aliphatic carboxylic acids is 1. The average molecular weight is 190 g/mol. The predicted octanol–water partition coefficient (Wildman–Crippen LogP) is 1.72. The molecule has 0 fully saturated rings. The molecule has 0 spiro atoms. The molecule has 72 valence electrons. The van der Waals surface area contributed by atoms with Crippen LogP contribution in [-0.2, 0) is 4.79 Å². The van der Waals surface area contributed by atoms with Crippen molar-refractivity contribution in [2.75, 3.05) is 0 Å². The van der Waals surface area contributed by atoms with E-state index in [0.29, 0.717) is 0 Å². The van der Waals surface area contributed by atoms with Crippen LogP contribution in [0.4, 0.5) is 0 Å². The van der Waals surface area contributed by atoms with Crippen LogP contribution in [0.3, 0.4) is 0 Å². The molecule has 2 rings (SSSR count). The van der Waals surface area contributed by atoms with Crippen LogP contribution in [0.1, 0.15) is 6.92 Å². The Bertz CT molecular complexity index is 360. The lowest BCUT2D eigenvalue weighted by Crippen LogP contribution is -1.78. The lowest BCUT2D eigenvalue weighted by Gasteiger charge is -1.90. The lowest BCUT2D eigenvalue weighted by molar-refractivity contribution is -0.134. The molecule has 0 amide bonds. The molecule has 4 heteroatoms. The van der Waals surface area contributed by atoms with Gasteiger partial charge in [0.05, 0.1) is 12.4 Å². The van der Waals surface area contributed by atoms with Gasteiger partial charge in [-0.25, -0.2) is 0 Å². The average Bonchev–Trinajstić information content (AvgIpc) is 2.17. The monoisotopic (exact) mass is 190 g/mol. The van der Waals surface area contributed by atoms with Gasteiger partial charge in [0.1, 0.15) is 0 Å². The third-order valence-electron chi connectivity index (χ3n) is 1.46. The zero-order valence-corrected chi connectivity index (χ0v) is 7.71. The SMILES string of the molecule is CC(=O)O.c1ccc2cnncc2c1. The molecule has 0 radical (unpaired) electrons. The molecule has 0 unspecified atom stereocenters. The maximum Gasteiger partial charge on any atom is 0.300 e. The van der Waals surface area contributed by atoms with Gasteiger partial charge in [0.25, 0.3) is 5.97 Å². The quantitative estimate of drug-likeness (QED) is 0.687. The number of hydrogen-bond acceptors (Lipinski definition) is 3. The number of carboxylic acids is 1. The number of carboxylic acid groups (broad SMARTS) is 1. The van der Waals surface area contributed by atoms with Gasteiger partial charge in [-0.05, 0) is 0 Å². The van der Waals surface area contributed by atoms with Crippen molar-refractivity contribution in [1.82, 2.24) is 10.2 Å². The Morgan fingerprint density at radius 2 is 1.50 bits per heavy atom. The molecule has 0 bridgehead atoms. The fourth-order valence-corrected chi connectivity index (χ4v) is 0.937. The Kier molecular flexibility index (Phi) is 3.55. The van der Waals surface area contributed by atoms with Gasteiger partial charge in [-0.15, -0.1) is 0 Å². The molecule has 1 N–H and O–H groups in total. The van der Waals surface area contributed by atoms with Crippen molar-refractivity contribution in [3.05, 3.63) is 36.7 Å². The van der Waals surface area contributed by atoms with Crippen molar-refractivity contribution in [2.24, 2.45) is 0 Å². The molecule has 0 saturated heterocycles. The van der Waals surface area contributed by atoms with E-state index in [-0.39, 0.29) is 0 Å². The zero-order valence-electron chi connectivity index (χ0n) is 7.71. The van der Waals surface area contributed by atoms with E-state index in [1.54, 1.807) is 12.4 Å². The third-order valence-corrected chi connectivity index (χ3v) is 1.46. The van der Waals surface area contributed by atoms with Crippen molar-refractivity contribution in [3.63, 3.8) is 0 Å².